The molecule has 2 aromatic rings. The van der Waals surface area contributed by atoms with Crippen LogP contribution in [0.4, 0.5) is 0 Å². The summed E-state index contributed by atoms with van der Waals surface area (Å²) in [5, 5.41) is 15.2. The molecule has 0 amide bonds. The zero-order valence-electron chi connectivity index (χ0n) is 10.7. The van der Waals surface area contributed by atoms with E-state index in [2.05, 4.69) is 33.0 Å². The lowest BCUT2D eigenvalue weighted by Crippen LogP contribution is -2.17. The third kappa shape index (κ3) is 2.52. The molecule has 0 saturated heterocycles. The van der Waals surface area contributed by atoms with Crippen molar-refractivity contribution in [2.75, 3.05) is 0 Å². The van der Waals surface area contributed by atoms with Crippen LogP contribution in [0.3, 0.4) is 0 Å². The highest BCUT2D eigenvalue weighted by Crippen LogP contribution is 2.43. The number of carbonyl (C=O) groups is 1. The van der Waals surface area contributed by atoms with Gasteiger partial charge in [0.25, 0.3) is 0 Å². The fourth-order valence-corrected chi connectivity index (χ4v) is 4.11. The van der Waals surface area contributed by atoms with Crippen LogP contribution in [0.25, 0.3) is 10.7 Å². The van der Waals surface area contributed by atoms with E-state index in [1.165, 1.54) is 11.3 Å². The Kier molecular flexibility index (Phi) is 3.64. The van der Waals surface area contributed by atoms with Crippen molar-refractivity contribution < 1.29 is 14.4 Å². The molecule has 1 fully saturated rings. The van der Waals surface area contributed by atoms with Crippen LogP contribution in [0.1, 0.15) is 31.6 Å². The van der Waals surface area contributed by atoms with Crippen molar-refractivity contribution in [1.82, 2.24) is 10.1 Å². The first-order valence-electron chi connectivity index (χ1n) is 6.35. The van der Waals surface area contributed by atoms with E-state index in [1.54, 1.807) is 0 Å². The van der Waals surface area contributed by atoms with Crippen molar-refractivity contribution in [2.24, 2.45) is 11.8 Å². The summed E-state index contributed by atoms with van der Waals surface area (Å²) in [5.74, 6) is -0.0357. The van der Waals surface area contributed by atoms with Crippen molar-refractivity contribution in [3.63, 3.8) is 0 Å². The Morgan fingerprint density at radius 2 is 2.35 bits per heavy atom. The molecule has 7 heteroatoms. The van der Waals surface area contributed by atoms with Gasteiger partial charge >= 0.3 is 5.97 Å². The van der Waals surface area contributed by atoms with E-state index < -0.39 is 11.9 Å². The Morgan fingerprint density at radius 1 is 1.55 bits per heavy atom. The highest BCUT2D eigenvalue weighted by atomic mass is 79.9. The Hall–Kier alpha value is -1.21. The van der Waals surface area contributed by atoms with Crippen LogP contribution in [0, 0.1) is 11.8 Å². The second kappa shape index (κ2) is 5.29. The third-order valence-electron chi connectivity index (χ3n) is 3.66. The number of aromatic nitrogens is 2. The van der Waals surface area contributed by atoms with Crippen LogP contribution in [0.5, 0.6) is 0 Å². The van der Waals surface area contributed by atoms with Gasteiger partial charge in [0.1, 0.15) is 0 Å². The second-order valence-corrected chi connectivity index (χ2v) is 7.04. The van der Waals surface area contributed by atoms with E-state index in [0.717, 1.165) is 15.8 Å². The molecule has 5 nitrogen and oxygen atoms in total. The molecule has 106 valence electrons. The van der Waals surface area contributed by atoms with Gasteiger partial charge in [0.15, 0.2) is 0 Å². The zero-order valence-corrected chi connectivity index (χ0v) is 13.1. The maximum absolute atomic E-state index is 11.3. The largest absolute Gasteiger partial charge is 0.481 e. The van der Waals surface area contributed by atoms with Crippen LogP contribution in [0.15, 0.2) is 20.4 Å². The molecule has 2 aromatic heterocycles. The fraction of sp³-hybridized carbons (Fsp3) is 0.462. The number of hydrogen-bond donors (Lipinski definition) is 1. The average Bonchev–Trinajstić information content (AvgIpc) is 3.06. The molecule has 1 saturated carbocycles. The van der Waals surface area contributed by atoms with Gasteiger partial charge in [-0.3, -0.25) is 4.79 Å². The number of thiophene rings is 1. The van der Waals surface area contributed by atoms with Gasteiger partial charge < -0.3 is 9.63 Å². The molecule has 3 rings (SSSR count). The number of hydrogen-bond acceptors (Lipinski definition) is 5. The summed E-state index contributed by atoms with van der Waals surface area (Å²) in [6.07, 6.45) is 1.45. The van der Waals surface area contributed by atoms with E-state index in [-0.39, 0.29) is 5.92 Å². The highest BCUT2D eigenvalue weighted by Gasteiger charge is 2.41. The summed E-state index contributed by atoms with van der Waals surface area (Å²) in [5.41, 5.74) is 0. The topological polar surface area (TPSA) is 76.2 Å². The van der Waals surface area contributed by atoms with Crippen LogP contribution in [-0.2, 0) is 4.79 Å². The molecule has 1 N–H and O–H groups in total. The minimum Gasteiger partial charge on any atom is -0.481 e. The van der Waals surface area contributed by atoms with Crippen LogP contribution >= 0.6 is 27.3 Å². The lowest BCUT2D eigenvalue weighted by molar-refractivity contribution is -0.142. The van der Waals surface area contributed by atoms with Gasteiger partial charge in [0.2, 0.25) is 11.7 Å². The molecule has 1 aliphatic carbocycles. The Labute approximate surface area is 128 Å². The molecule has 20 heavy (non-hydrogen) atoms. The molecule has 0 aliphatic heterocycles. The summed E-state index contributed by atoms with van der Waals surface area (Å²) >= 11 is 4.90. The first kappa shape index (κ1) is 13.8. The number of aliphatic carboxylic acids is 1. The van der Waals surface area contributed by atoms with Crippen LogP contribution in [0.2, 0.25) is 0 Å². The van der Waals surface area contributed by atoms with Gasteiger partial charge in [-0.1, -0.05) is 12.1 Å². The maximum atomic E-state index is 11.3. The molecule has 3 atom stereocenters. The molecule has 2 heterocycles. The Bertz CT molecular complexity index is 639. The number of carboxylic acids is 1. The van der Waals surface area contributed by atoms with Gasteiger partial charge in [0, 0.05) is 9.85 Å². The number of halogens is 1. The molecule has 0 aromatic carbocycles. The quantitative estimate of drug-likeness (QED) is 0.905. The van der Waals surface area contributed by atoms with E-state index >= 15 is 0 Å². The van der Waals surface area contributed by atoms with Crippen LogP contribution in [-0.4, -0.2) is 21.2 Å². The lowest BCUT2D eigenvalue weighted by Gasteiger charge is -2.09. The van der Waals surface area contributed by atoms with E-state index in [9.17, 15) is 9.90 Å². The van der Waals surface area contributed by atoms with Gasteiger partial charge in [-0.05, 0) is 40.8 Å². The standard InChI is InChI=1S/C13H13BrN2O3S/c1-6-2-8(9(3-6)13(17)18)12-15-11(16-19-12)10-4-7(14)5-20-10/h4-6,8-9H,2-3H2,1H3,(H,17,18). The molecular weight excluding hydrogens is 344 g/mol. The normalized spacial score (nSPS) is 26.0. The molecule has 3 unspecified atom stereocenters. The predicted octanol–water partition coefficient (Wildman–Crippen LogP) is 3.77. The van der Waals surface area contributed by atoms with Crippen molar-refractivity contribution in [3.05, 3.63) is 21.8 Å². The van der Waals surface area contributed by atoms with E-state index in [1.807, 2.05) is 11.4 Å². The summed E-state index contributed by atoms with van der Waals surface area (Å²) in [6, 6.07) is 1.92. The van der Waals surface area contributed by atoms with Gasteiger partial charge in [-0.25, -0.2) is 0 Å². The summed E-state index contributed by atoms with van der Waals surface area (Å²) in [6.45, 7) is 2.06. The fourth-order valence-electron chi connectivity index (χ4n) is 2.75. The predicted molar refractivity (Wildman–Crippen MR) is 77.6 cm³/mol. The molecule has 0 radical (unpaired) electrons. The van der Waals surface area contributed by atoms with Gasteiger partial charge in [0.05, 0.1) is 16.7 Å². The summed E-state index contributed by atoms with van der Waals surface area (Å²) in [4.78, 5) is 16.6. The monoisotopic (exact) mass is 356 g/mol. The van der Waals surface area contributed by atoms with Crippen molar-refractivity contribution in [3.8, 4) is 10.7 Å². The Balaban J connectivity index is 1.88. The zero-order chi connectivity index (χ0) is 14.3. The minimum atomic E-state index is -0.780. The maximum Gasteiger partial charge on any atom is 0.307 e. The van der Waals surface area contributed by atoms with Gasteiger partial charge in [-0.15, -0.1) is 11.3 Å². The average molecular weight is 357 g/mol. The summed E-state index contributed by atoms with van der Waals surface area (Å²) < 4.78 is 6.28. The Morgan fingerprint density at radius 3 is 3.00 bits per heavy atom. The smallest absolute Gasteiger partial charge is 0.307 e. The van der Waals surface area contributed by atoms with E-state index in [0.29, 0.717) is 24.1 Å². The number of nitrogens with zero attached hydrogens (tertiary/aromatic N) is 2. The van der Waals surface area contributed by atoms with Crippen molar-refractivity contribution in [1.29, 1.82) is 0 Å². The van der Waals surface area contributed by atoms with E-state index in [4.69, 9.17) is 4.52 Å². The molecule has 0 bridgehead atoms. The number of carboxylic acid groups (broad SMARTS) is 1. The van der Waals surface area contributed by atoms with Crippen molar-refractivity contribution in [2.45, 2.75) is 25.7 Å². The second-order valence-electron chi connectivity index (χ2n) is 5.21. The first-order valence-corrected chi connectivity index (χ1v) is 8.02. The van der Waals surface area contributed by atoms with Gasteiger partial charge in [-0.2, -0.15) is 4.98 Å². The molecular formula is C13H13BrN2O3S. The summed E-state index contributed by atoms with van der Waals surface area (Å²) in [7, 11) is 0. The molecule has 1 aliphatic rings. The minimum absolute atomic E-state index is 0.174. The van der Waals surface area contributed by atoms with Crippen molar-refractivity contribution >= 4 is 33.2 Å². The first-order chi connectivity index (χ1) is 9.54. The lowest BCUT2D eigenvalue weighted by atomic mass is 9.96. The molecule has 0 spiro atoms. The van der Waals surface area contributed by atoms with Crippen LogP contribution < -0.4 is 0 Å². The number of rotatable bonds is 3. The SMILES string of the molecule is CC1CC(C(=O)O)C(c2nc(-c3cc(Br)cs3)no2)C1. The third-order valence-corrected chi connectivity index (χ3v) is 5.35. The highest BCUT2D eigenvalue weighted by molar-refractivity contribution is 9.10.